The number of aliphatic carboxylic acids is 1. The number of carboxylic acids is 1. The summed E-state index contributed by atoms with van der Waals surface area (Å²) in [6.45, 7) is 10.3. The van der Waals surface area contributed by atoms with Gasteiger partial charge in [-0.1, -0.05) is 12.1 Å². The molecule has 0 radical (unpaired) electrons. The topological polar surface area (TPSA) is 130 Å². The summed E-state index contributed by atoms with van der Waals surface area (Å²) >= 11 is 0. The predicted octanol–water partition coefficient (Wildman–Crippen LogP) is 8.49. The average Bonchev–Trinajstić information content (AvgIpc) is 3.83. The van der Waals surface area contributed by atoms with E-state index in [9.17, 15) is 9.90 Å². The van der Waals surface area contributed by atoms with E-state index in [1.807, 2.05) is 71.0 Å². The monoisotopic (exact) mass is 738 g/mol. The zero-order valence-electron chi connectivity index (χ0n) is 31.1. The molecule has 54 heavy (non-hydrogen) atoms. The van der Waals surface area contributed by atoms with Crippen molar-refractivity contribution in [2.75, 3.05) is 27.8 Å². The molecule has 4 aliphatic heterocycles. The predicted molar refractivity (Wildman–Crippen MR) is 197 cm³/mol. The Bertz CT molecular complexity index is 2130. The van der Waals surface area contributed by atoms with Crippen molar-refractivity contribution >= 4 is 17.5 Å². The first-order valence-electron chi connectivity index (χ1n) is 17.5. The highest BCUT2D eigenvalue weighted by molar-refractivity contribution is 5.98. The first kappa shape index (κ1) is 36.2. The van der Waals surface area contributed by atoms with E-state index in [4.69, 9.17) is 47.4 Å². The highest BCUT2D eigenvalue weighted by Gasteiger charge is 2.37. The molecular weight excluding hydrogens is 696 g/mol. The Hall–Kier alpha value is -6.17. The molecule has 4 aliphatic rings. The normalized spacial score (nSPS) is 17.5. The number of carboxylic acid groups (broad SMARTS) is 1. The number of fused-ring (bicyclic) bond motifs is 4. The molecule has 0 aromatic heterocycles. The van der Waals surface area contributed by atoms with Gasteiger partial charge in [-0.2, -0.15) is 0 Å². The van der Waals surface area contributed by atoms with Crippen molar-refractivity contribution in [3.05, 3.63) is 106 Å². The molecule has 0 amide bonds. The van der Waals surface area contributed by atoms with Gasteiger partial charge < -0.3 is 52.5 Å². The lowest BCUT2D eigenvalue weighted by molar-refractivity contribution is -0.133. The number of carbonyl (C=O) groups is 1. The van der Waals surface area contributed by atoms with Crippen molar-refractivity contribution < 1.29 is 57.3 Å². The van der Waals surface area contributed by atoms with Gasteiger partial charge in [0.1, 0.15) is 46.2 Å². The summed E-state index contributed by atoms with van der Waals surface area (Å²) in [5, 5.41) is 9.90. The molecule has 4 heterocycles. The summed E-state index contributed by atoms with van der Waals surface area (Å²) in [5.74, 6) is 5.28. The summed E-state index contributed by atoms with van der Waals surface area (Å²) in [5.41, 5.74) is 4.07. The fourth-order valence-corrected chi connectivity index (χ4v) is 6.67. The number of benzene rings is 4. The molecule has 0 saturated carbocycles. The van der Waals surface area contributed by atoms with Crippen molar-refractivity contribution in [3.8, 4) is 46.0 Å². The molecule has 1 N–H and O–H groups in total. The highest BCUT2D eigenvalue weighted by atomic mass is 16.7. The highest BCUT2D eigenvalue weighted by Crippen LogP contribution is 2.47. The number of ether oxygens (including phenoxy) is 10. The lowest BCUT2D eigenvalue weighted by Crippen LogP contribution is -2.23. The molecule has 4 aromatic rings. The molecule has 0 fully saturated rings. The van der Waals surface area contributed by atoms with Crippen LogP contribution >= 0.6 is 0 Å². The van der Waals surface area contributed by atoms with E-state index >= 15 is 0 Å². The van der Waals surface area contributed by atoms with Gasteiger partial charge in [-0.05, 0) is 95.3 Å². The number of rotatable bonds is 9. The molecule has 0 spiro atoms. The summed E-state index contributed by atoms with van der Waals surface area (Å²) in [6.07, 6.45) is -1.01. The van der Waals surface area contributed by atoms with Gasteiger partial charge in [-0.3, -0.25) is 0 Å². The van der Waals surface area contributed by atoms with E-state index in [2.05, 4.69) is 0 Å². The maximum absolute atomic E-state index is 12.1. The molecular formula is C42H42O12. The summed E-state index contributed by atoms with van der Waals surface area (Å²) in [6, 6.07) is 22.2. The number of hydrogen-bond acceptors (Lipinski definition) is 11. The van der Waals surface area contributed by atoms with Gasteiger partial charge >= 0.3 is 5.97 Å². The Morgan fingerprint density at radius 2 is 1.06 bits per heavy atom. The van der Waals surface area contributed by atoms with Crippen LogP contribution in [0.4, 0.5) is 0 Å². The SMILES string of the molecule is COC1=C(C(=O)O)C(c2ccc3c(c2)OCO3)Oc2ccc(OC(C)C)cc21.COC1=C(C)C(c2ccc3c(c2)OCO3)Oc2ccc(OC(C)C)cc21. The molecule has 12 nitrogen and oxygen atoms in total. The van der Waals surface area contributed by atoms with Crippen LogP contribution in [0, 0.1) is 0 Å². The van der Waals surface area contributed by atoms with Crippen LogP contribution in [0.2, 0.25) is 0 Å². The zero-order valence-corrected chi connectivity index (χ0v) is 31.1. The maximum Gasteiger partial charge on any atom is 0.339 e. The fraction of sp³-hybridized carbons (Fsp3) is 0.310. The van der Waals surface area contributed by atoms with E-state index in [0.29, 0.717) is 34.1 Å². The van der Waals surface area contributed by atoms with Gasteiger partial charge in [0.05, 0.1) is 37.6 Å². The van der Waals surface area contributed by atoms with Crippen LogP contribution in [0.1, 0.15) is 69.1 Å². The minimum Gasteiger partial charge on any atom is -0.496 e. The van der Waals surface area contributed by atoms with Crippen LogP contribution in [-0.4, -0.2) is 51.1 Å². The van der Waals surface area contributed by atoms with Crippen LogP contribution in [0.15, 0.2) is 83.9 Å². The smallest absolute Gasteiger partial charge is 0.339 e. The van der Waals surface area contributed by atoms with Crippen LogP contribution < -0.4 is 37.9 Å². The lowest BCUT2D eigenvalue weighted by atomic mass is 9.94. The second-order valence-electron chi connectivity index (χ2n) is 13.3. The number of hydrogen-bond donors (Lipinski definition) is 1. The van der Waals surface area contributed by atoms with Crippen LogP contribution in [0.3, 0.4) is 0 Å². The van der Waals surface area contributed by atoms with Crippen molar-refractivity contribution in [3.63, 3.8) is 0 Å². The Morgan fingerprint density at radius 1 is 0.611 bits per heavy atom. The van der Waals surface area contributed by atoms with Gasteiger partial charge in [0.15, 0.2) is 29.1 Å². The molecule has 12 heteroatoms. The van der Waals surface area contributed by atoms with Crippen molar-refractivity contribution in [1.29, 1.82) is 0 Å². The fourth-order valence-electron chi connectivity index (χ4n) is 6.67. The third-order valence-corrected chi connectivity index (χ3v) is 8.92. The molecule has 0 aliphatic carbocycles. The van der Waals surface area contributed by atoms with Gasteiger partial charge in [0.25, 0.3) is 0 Å². The Kier molecular flexibility index (Phi) is 10.1. The summed E-state index contributed by atoms with van der Waals surface area (Å²) in [4.78, 5) is 12.1. The van der Waals surface area contributed by atoms with E-state index in [1.165, 1.54) is 7.11 Å². The molecule has 0 saturated heterocycles. The van der Waals surface area contributed by atoms with Gasteiger partial charge in [0.2, 0.25) is 13.6 Å². The molecule has 4 aromatic carbocycles. The van der Waals surface area contributed by atoms with Crippen molar-refractivity contribution in [2.24, 2.45) is 0 Å². The molecule has 0 bridgehead atoms. The largest absolute Gasteiger partial charge is 0.496 e. The second kappa shape index (κ2) is 15.1. The minimum absolute atomic E-state index is 0.00978. The Balaban J connectivity index is 0.000000167. The Morgan fingerprint density at radius 3 is 1.54 bits per heavy atom. The number of methoxy groups -OCH3 is 2. The van der Waals surface area contributed by atoms with Crippen LogP contribution in [-0.2, 0) is 14.3 Å². The molecule has 282 valence electrons. The molecule has 8 rings (SSSR count). The standard InChI is InChI=1S/C21H20O7.C21H22O5/c1-11(2)27-13-5-7-15-14(9-13)20(24-3)18(21(22)23)19(28-15)12-4-6-16-17(8-12)26-10-25-16;1-12(2)25-15-6-8-17-16(10-15)21(22-4)13(3)20(26-17)14-5-7-18-19(9-14)24-11-23-18/h4-9,11,19H,10H2,1-3H3,(H,22,23);5-10,12,20H,11H2,1-4H3. The molecule has 2 atom stereocenters. The quantitative estimate of drug-likeness (QED) is 0.177. The van der Waals surface area contributed by atoms with E-state index in [1.54, 1.807) is 43.5 Å². The summed E-state index contributed by atoms with van der Waals surface area (Å²) < 4.78 is 56.8. The zero-order chi connectivity index (χ0) is 38.1. The summed E-state index contributed by atoms with van der Waals surface area (Å²) in [7, 11) is 3.13. The first-order valence-corrected chi connectivity index (χ1v) is 17.5. The molecule has 2 unspecified atom stereocenters. The minimum atomic E-state index is -1.12. The van der Waals surface area contributed by atoms with Crippen LogP contribution in [0.5, 0.6) is 46.0 Å². The van der Waals surface area contributed by atoms with Gasteiger partial charge in [-0.25, -0.2) is 4.79 Å². The second-order valence-corrected chi connectivity index (χ2v) is 13.3. The Labute approximate surface area is 313 Å². The van der Waals surface area contributed by atoms with E-state index in [-0.39, 0.29) is 43.2 Å². The third kappa shape index (κ3) is 7.11. The third-order valence-electron chi connectivity index (χ3n) is 8.92. The maximum atomic E-state index is 12.1. The van der Waals surface area contributed by atoms with Gasteiger partial charge in [0, 0.05) is 16.7 Å². The van der Waals surface area contributed by atoms with Crippen molar-refractivity contribution in [2.45, 2.75) is 59.0 Å². The van der Waals surface area contributed by atoms with Crippen LogP contribution in [0.25, 0.3) is 11.5 Å². The van der Waals surface area contributed by atoms with E-state index in [0.717, 1.165) is 45.5 Å². The van der Waals surface area contributed by atoms with Crippen molar-refractivity contribution in [1.82, 2.24) is 0 Å². The van der Waals surface area contributed by atoms with E-state index < -0.39 is 12.1 Å². The first-order chi connectivity index (χ1) is 26.0. The average molecular weight is 739 g/mol. The lowest BCUT2D eigenvalue weighted by Gasteiger charge is -2.29. The van der Waals surface area contributed by atoms with Gasteiger partial charge in [-0.15, -0.1) is 0 Å².